The van der Waals surface area contributed by atoms with Crippen molar-refractivity contribution in [2.45, 2.75) is 70.0 Å². The number of imide groups is 1. The standard InChI is InChI=1S/C44H48FN9O6/c1-60-39(27-5-3-2-4-6-27)44(59)53-25-34-36(26-53)48-49-40(34)47-41(56)28-7-9-31(10-8-28)51-15-13-32(14-16-51)52-19-17-50(18-20-52)23-30-21-29-24-54(43(58)33(29)22-35(30)45)37-11-12-38(55)46-42(37)57/h2-10,21-22,32,37,39H,11-20,23-26H2,1H3,(H,46,55,57)(H2,47,48,49,56)/t37?,39-/m1/s1. The summed E-state index contributed by atoms with van der Waals surface area (Å²) in [6.45, 7) is 6.52. The molecular weight excluding hydrogens is 770 g/mol. The fraction of sp³-hybridized carbons (Fsp3) is 0.409. The summed E-state index contributed by atoms with van der Waals surface area (Å²) in [5.41, 5.74) is 5.48. The molecule has 1 unspecified atom stereocenters. The first-order chi connectivity index (χ1) is 29.1. The fourth-order valence-electron chi connectivity index (χ4n) is 9.35. The van der Waals surface area contributed by atoms with Crippen LogP contribution in [-0.2, 0) is 45.3 Å². The molecular formula is C44H48FN9O6. The largest absolute Gasteiger partial charge is 0.371 e. The summed E-state index contributed by atoms with van der Waals surface area (Å²) in [5, 5.41) is 12.6. The predicted octanol–water partition coefficient (Wildman–Crippen LogP) is 3.58. The minimum absolute atomic E-state index is 0.155. The average molecular weight is 818 g/mol. The Labute approximate surface area is 346 Å². The van der Waals surface area contributed by atoms with Crippen molar-refractivity contribution in [1.82, 2.24) is 35.1 Å². The molecule has 0 saturated carbocycles. The first-order valence-electron chi connectivity index (χ1n) is 20.6. The predicted molar refractivity (Wildman–Crippen MR) is 218 cm³/mol. The number of fused-ring (bicyclic) bond motifs is 2. The molecule has 5 aliphatic rings. The molecule has 16 heteroatoms. The van der Waals surface area contributed by atoms with E-state index in [0.717, 1.165) is 74.6 Å². The van der Waals surface area contributed by atoms with Gasteiger partial charge in [-0.2, -0.15) is 5.10 Å². The second-order valence-corrected chi connectivity index (χ2v) is 16.3. The van der Waals surface area contributed by atoms with Crippen molar-refractivity contribution >= 4 is 41.0 Å². The summed E-state index contributed by atoms with van der Waals surface area (Å²) < 4.78 is 20.9. The van der Waals surface area contributed by atoms with Gasteiger partial charge >= 0.3 is 0 Å². The van der Waals surface area contributed by atoms with Gasteiger partial charge in [0.25, 0.3) is 17.7 Å². The van der Waals surface area contributed by atoms with Crippen LogP contribution in [-0.4, -0.2) is 118 Å². The zero-order valence-electron chi connectivity index (χ0n) is 33.5. The number of methoxy groups -OCH3 is 1. The van der Waals surface area contributed by atoms with Gasteiger partial charge in [-0.1, -0.05) is 30.3 Å². The Morgan fingerprint density at radius 2 is 1.67 bits per heavy atom. The average Bonchev–Trinajstić information content (AvgIpc) is 3.95. The van der Waals surface area contributed by atoms with Crippen molar-refractivity contribution in [2.24, 2.45) is 0 Å². The molecule has 3 saturated heterocycles. The number of aromatic nitrogens is 2. The highest BCUT2D eigenvalue weighted by atomic mass is 19.1. The topological polar surface area (TPSA) is 164 Å². The highest BCUT2D eigenvalue weighted by Crippen LogP contribution is 2.33. The Bertz CT molecular complexity index is 2300. The van der Waals surface area contributed by atoms with Gasteiger partial charge in [0.1, 0.15) is 11.9 Å². The number of carbonyl (C=O) groups is 5. The number of H-pyrrole nitrogens is 1. The minimum Gasteiger partial charge on any atom is -0.371 e. The highest BCUT2D eigenvalue weighted by Gasteiger charge is 2.40. The quantitative estimate of drug-likeness (QED) is 0.202. The lowest BCUT2D eigenvalue weighted by molar-refractivity contribution is -0.143. The lowest BCUT2D eigenvalue weighted by atomic mass is 10.0. The number of piperazine rings is 1. The van der Waals surface area contributed by atoms with Gasteiger partial charge in [-0.25, -0.2) is 4.39 Å². The molecule has 6 heterocycles. The lowest BCUT2D eigenvalue weighted by Crippen LogP contribution is -2.53. The monoisotopic (exact) mass is 817 g/mol. The molecule has 5 amide bonds. The van der Waals surface area contributed by atoms with Crippen LogP contribution in [0.25, 0.3) is 0 Å². The van der Waals surface area contributed by atoms with E-state index in [-0.39, 0.29) is 48.6 Å². The van der Waals surface area contributed by atoms with Crippen molar-refractivity contribution < 1.29 is 33.1 Å². The fourth-order valence-corrected chi connectivity index (χ4v) is 9.35. The second kappa shape index (κ2) is 16.6. The van der Waals surface area contributed by atoms with Crippen LogP contribution in [0.15, 0.2) is 66.7 Å². The molecule has 5 aliphatic heterocycles. The van der Waals surface area contributed by atoms with Crippen LogP contribution in [0.5, 0.6) is 0 Å². The van der Waals surface area contributed by atoms with Gasteiger partial charge < -0.3 is 24.8 Å². The van der Waals surface area contributed by atoms with E-state index in [1.165, 1.54) is 18.1 Å². The van der Waals surface area contributed by atoms with Crippen LogP contribution in [0.4, 0.5) is 15.9 Å². The van der Waals surface area contributed by atoms with E-state index in [1.807, 2.05) is 54.6 Å². The molecule has 0 aliphatic carbocycles. The van der Waals surface area contributed by atoms with Crippen LogP contribution in [0.3, 0.4) is 0 Å². The highest BCUT2D eigenvalue weighted by molar-refractivity contribution is 6.06. The lowest BCUT2D eigenvalue weighted by Gasteiger charge is -2.43. The maximum atomic E-state index is 15.3. The number of rotatable bonds is 10. The normalized spacial score (nSPS) is 20.6. The first-order valence-corrected chi connectivity index (χ1v) is 20.6. The molecule has 0 spiro atoms. The van der Waals surface area contributed by atoms with Crippen molar-refractivity contribution in [1.29, 1.82) is 0 Å². The summed E-state index contributed by atoms with van der Waals surface area (Å²) >= 11 is 0. The Morgan fingerprint density at radius 1 is 0.917 bits per heavy atom. The van der Waals surface area contributed by atoms with E-state index in [4.69, 9.17) is 4.74 Å². The number of piperidine rings is 2. The number of carbonyl (C=O) groups excluding carboxylic acids is 5. The Balaban J connectivity index is 0.730. The third-order valence-electron chi connectivity index (χ3n) is 12.7. The van der Waals surface area contributed by atoms with Crippen molar-refractivity contribution in [2.75, 3.05) is 56.6 Å². The molecule has 2 atom stereocenters. The molecule has 1 aromatic heterocycles. The summed E-state index contributed by atoms with van der Waals surface area (Å²) in [6, 6.07) is 19.8. The number of aromatic amines is 1. The Morgan fingerprint density at radius 3 is 2.38 bits per heavy atom. The van der Waals surface area contributed by atoms with Gasteiger partial charge in [-0.3, -0.25) is 44.2 Å². The van der Waals surface area contributed by atoms with Crippen LogP contribution in [0.2, 0.25) is 0 Å². The van der Waals surface area contributed by atoms with E-state index >= 15 is 4.39 Å². The molecule has 15 nitrogen and oxygen atoms in total. The molecule has 312 valence electrons. The number of anilines is 2. The number of amides is 5. The zero-order valence-corrected chi connectivity index (χ0v) is 33.5. The third kappa shape index (κ3) is 7.77. The van der Waals surface area contributed by atoms with Gasteiger partial charge in [0.15, 0.2) is 11.9 Å². The van der Waals surface area contributed by atoms with Crippen molar-refractivity contribution in [3.05, 3.63) is 112 Å². The third-order valence-corrected chi connectivity index (χ3v) is 12.7. The minimum atomic E-state index is -0.728. The van der Waals surface area contributed by atoms with E-state index in [2.05, 4.69) is 35.5 Å². The van der Waals surface area contributed by atoms with Gasteiger partial charge in [0.05, 0.1) is 18.8 Å². The van der Waals surface area contributed by atoms with E-state index < -0.39 is 23.9 Å². The van der Waals surface area contributed by atoms with Crippen LogP contribution in [0, 0.1) is 5.82 Å². The van der Waals surface area contributed by atoms with Crippen molar-refractivity contribution in [3.8, 4) is 0 Å². The van der Waals surface area contributed by atoms with Crippen LogP contribution in [0.1, 0.15) is 80.5 Å². The van der Waals surface area contributed by atoms with E-state index in [0.29, 0.717) is 48.2 Å². The number of benzene rings is 3. The maximum absolute atomic E-state index is 15.3. The number of hydrogen-bond donors (Lipinski definition) is 3. The Kier molecular flexibility index (Phi) is 10.9. The molecule has 3 aromatic carbocycles. The Hall–Kier alpha value is -5.97. The molecule has 0 radical (unpaired) electrons. The number of hydrogen-bond acceptors (Lipinski definition) is 10. The van der Waals surface area contributed by atoms with Crippen molar-refractivity contribution in [3.63, 3.8) is 0 Å². The van der Waals surface area contributed by atoms with Gasteiger partial charge in [0.2, 0.25) is 11.8 Å². The van der Waals surface area contributed by atoms with E-state index in [9.17, 15) is 24.0 Å². The number of ether oxygens (including phenoxy) is 1. The van der Waals surface area contributed by atoms with Gasteiger partial charge in [-0.15, -0.1) is 0 Å². The number of nitrogens with one attached hydrogen (secondary N) is 3. The first kappa shape index (κ1) is 39.5. The zero-order chi connectivity index (χ0) is 41.5. The molecule has 3 N–H and O–H groups in total. The second-order valence-electron chi connectivity index (χ2n) is 16.3. The molecule has 3 fully saturated rings. The smallest absolute Gasteiger partial charge is 0.256 e. The van der Waals surface area contributed by atoms with E-state index in [1.54, 1.807) is 11.0 Å². The SMILES string of the molecule is CO[C@@H](C(=O)N1Cc2[nH]nc(NC(=O)c3ccc(N4CCC(N5CCN(Cc6cc7c(cc6F)C(=O)N(C6CCC(=O)NC6=O)C7)CC5)CC4)cc3)c2C1)c1ccccc1. The summed E-state index contributed by atoms with van der Waals surface area (Å²) in [5.74, 6) is -1.62. The number of nitrogens with zero attached hydrogens (tertiary/aromatic N) is 6. The van der Waals surface area contributed by atoms with Gasteiger partial charge in [-0.05, 0) is 66.8 Å². The number of halogens is 1. The summed E-state index contributed by atoms with van der Waals surface area (Å²) in [6.07, 6.45) is 1.75. The summed E-state index contributed by atoms with van der Waals surface area (Å²) in [7, 11) is 1.52. The van der Waals surface area contributed by atoms with Gasteiger partial charge in [0, 0.05) is 99.9 Å². The molecule has 60 heavy (non-hydrogen) atoms. The summed E-state index contributed by atoms with van der Waals surface area (Å²) in [4.78, 5) is 74.1. The van der Waals surface area contributed by atoms with Crippen LogP contribution >= 0.6 is 0 Å². The molecule has 0 bridgehead atoms. The molecule has 4 aromatic rings. The molecule has 9 rings (SSSR count). The maximum Gasteiger partial charge on any atom is 0.256 e. The van der Waals surface area contributed by atoms with Crippen LogP contribution < -0.4 is 15.5 Å².